The molecule has 13 aromatic carbocycles. The van der Waals surface area contributed by atoms with Gasteiger partial charge < -0.3 is 23.1 Å². The van der Waals surface area contributed by atoms with Crippen molar-refractivity contribution in [2.24, 2.45) is 0 Å². The van der Waals surface area contributed by atoms with E-state index < -0.39 is 5.41 Å². The maximum atomic E-state index is 7.69. The molecule has 1 aliphatic carbocycles. The smallest absolute Gasteiger partial charge is 0.142 e. The van der Waals surface area contributed by atoms with Gasteiger partial charge in [0.25, 0.3) is 0 Å². The van der Waals surface area contributed by atoms with Crippen LogP contribution in [0.15, 0.2) is 341 Å². The normalized spacial score (nSPS) is 12.4. The minimum atomic E-state index is -0.893. The zero-order chi connectivity index (χ0) is 58.1. The summed E-state index contributed by atoms with van der Waals surface area (Å²) in [5.41, 5.74) is 21.6. The van der Waals surface area contributed by atoms with Gasteiger partial charge in [-0.3, -0.25) is 0 Å². The molecule has 0 radical (unpaired) electrons. The van der Waals surface area contributed by atoms with Gasteiger partial charge in [-0.2, -0.15) is 0 Å². The lowest BCUT2D eigenvalue weighted by Crippen LogP contribution is -2.29. The van der Waals surface area contributed by atoms with E-state index in [1.54, 1.807) is 0 Å². The van der Waals surface area contributed by atoms with Gasteiger partial charge in [-0.15, -0.1) is 0 Å². The first-order valence-corrected chi connectivity index (χ1v) is 30.0. The first kappa shape index (κ1) is 50.8. The van der Waals surface area contributed by atoms with Crippen molar-refractivity contribution in [2.75, 3.05) is 9.80 Å². The highest BCUT2D eigenvalue weighted by Crippen LogP contribution is 2.63. The Labute approximate surface area is 509 Å². The van der Waals surface area contributed by atoms with Crippen molar-refractivity contribution >= 4 is 78.0 Å². The van der Waals surface area contributed by atoms with Crippen LogP contribution in [0.25, 0.3) is 99.9 Å². The Morgan fingerprint density at radius 3 is 1.14 bits per heavy atom. The van der Waals surface area contributed by atoms with Gasteiger partial charge in [0.05, 0.1) is 5.41 Å². The highest BCUT2D eigenvalue weighted by Gasteiger charge is 2.51. The average Bonchev–Trinajstić information content (AvgIpc) is 1.57. The van der Waals surface area contributed by atoms with Crippen LogP contribution < -0.4 is 9.80 Å². The highest BCUT2D eigenvalue weighted by molar-refractivity contribution is 6.08. The van der Waals surface area contributed by atoms with Gasteiger partial charge in [0.1, 0.15) is 33.9 Å². The van der Waals surface area contributed by atoms with Gasteiger partial charge in [-0.25, -0.2) is 0 Å². The fraction of sp³-hybridized carbons (Fsp3) is 0.0120. The minimum absolute atomic E-state index is 0.789. The quantitative estimate of drug-likeness (QED) is 0.122. The Balaban J connectivity index is 0.897. The molecule has 5 heteroatoms. The molecule has 0 amide bonds. The van der Waals surface area contributed by atoms with E-state index in [0.717, 1.165) is 156 Å². The largest absolute Gasteiger partial charge is 0.456 e. The zero-order valence-corrected chi connectivity index (χ0v) is 47.8. The molecule has 0 fully saturated rings. The number of rotatable bonds is 12. The van der Waals surface area contributed by atoms with Crippen molar-refractivity contribution in [3.63, 3.8) is 0 Å². The van der Waals surface area contributed by atoms with Crippen molar-refractivity contribution < 1.29 is 13.3 Å². The summed E-state index contributed by atoms with van der Waals surface area (Å²) in [6.07, 6.45) is 0. The van der Waals surface area contributed by atoms with E-state index in [0.29, 0.717) is 0 Å². The van der Waals surface area contributed by atoms with Crippen LogP contribution in [0, 0.1) is 0 Å². The third-order valence-corrected chi connectivity index (χ3v) is 17.7. The van der Waals surface area contributed by atoms with E-state index in [1.165, 1.54) is 0 Å². The van der Waals surface area contributed by atoms with Crippen molar-refractivity contribution in [3.05, 3.63) is 350 Å². The molecule has 0 aliphatic heterocycles. The molecule has 0 bridgehead atoms. The molecule has 414 valence electrons. The monoisotopic (exact) mass is 1130 g/mol. The molecular formula is C83H54N2O3. The average molecular weight is 1130 g/mol. The van der Waals surface area contributed by atoms with E-state index in [1.807, 2.05) is 24.3 Å². The van der Waals surface area contributed by atoms with Gasteiger partial charge in [-0.1, -0.05) is 231 Å². The number of hydrogen-bond donors (Lipinski definition) is 0. The lowest BCUT2D eigenvalue weighted by atomic mass is 9.67. The topological polar surface area (TPSA) is 45.9 Å². The van der Waals surface area contributed by atoms with E-state index in [4.69, 9.17) is 13.3 Å². The van der Waals surface area contributed by atoms with Gasteiger partial charge in [0, 0.05) is 90.1 Å². The van der Waals surface area contributed by atoms with Crippen molar-refractivity contribution in [2.45, 2.75) is 5.41 Å². The van der Waals surface area contributed by atoms with Crippen molar-refractivity contribution in [3.8, 4) is 56.0 Å². The summed E-state index contributed by atoms with van der Waals surface area (Å²) < 4.78 is 20.9. The first-order valence-electron chi connectivity index (χ1n) is 30.0. The second kappa shape index (κ2) is 20.8. The molecule has 17 rings (SSSR count). The number of benzene rings is 13. The number of fused-ring (bicyclic) bond motifs is 9. The fourth-order valence-corrected chi connectivity index (χ4v) is 13.8. The number of furan rings is 3. The SMILES string of the molecule is c1ccc(-c2ccc(N(c3cccc(-c4oc(-c5ccccc5)c5c4C(c4ccccc4)(c4ccccc4)c4cc(N(c6ccc(-c7ccccc7)cc6)c6ccc7c(c6)oc6ccccc67)ccc4-5)c3)c3ccc4c(c3)oc3ccccc34)cc2)cc1. The van der Waals surface area contributed by atoms with Crippen LogP contribution in [-0.4, -0.2) is 0 Å². The maximum Gasteiger partial charge on any atom is 0.142 e. The molecule has 0 atom stereocenters. The molecule has 0 unspecified atom stereocenters. The Kier molecular flexibility index (Phi) is 12.0. The Hall–Kier alpha value is -11.7. The Morgan fingerprint density at radius 2 is 0.625 bits per heavy atom. The summed E-state index contributed by atoms with van der Waals surface area (Å²) in [7, 11) is 0. The molecule has 3 heterocycles. The highest BCUT2D eigenvalue weighted by atomic mass is 16.3. The predicted molar refractivity (Wildman–Crippen MR) is 362 cm³/mol. The van der Waals surface area contributed by atoms with Crippen LogP contribution in [0.3, 0.4) is 0 Å². The first-order chi connectivity index (χ1) is 43.6. The number of nitrogens with zero attached hydrogens (tertiary/aromatic N) is 2. The van der Waals surface area contributed by atoms with Crippen LogP contribution in [0.1, 0.15) is 22.3 Å². The van der Waals surface area contributed by atoms with Gasteiger partial charge in [0.15, 0.2) is 0 Å². The van der Waals surface area contributed by atoms with Crippen LogP contribution >= 0.6 is 0 Å². The van der Waals surface area contributed by atoms with E-state index >= 15 is 0 Å². The fourth-order valence-electron chi connectivity index (χ4n) is 13.8. The van der Waals surface area contributed by atoms with Crippen LogP contribution in [-0.2, 0) is 5.41 Å². The van der Waals surface area contributed by atoms with E-state index in [2.05, 4.69) is 313 Å². The summed E-state index contributed by atoms with van der Waals surface area (Å²) in [5, 5.41) is 4.34. The van der Waals surface area contributed by atoms with Gasteiger partial charge in [-0.05, 0) is 129 Å². The third kappa shape index (κ3) is 8.31. The summed E-state index contributed by atoms with van der Waals surface area (Å²) in [6.45, 7) is 0. The molecule has 88 heavy (non-hydrogen) atoms. The molecular weight excluding hydrogens is 1070 g/mol. The second-order valence-electron chi connectivity index (χ2n) is 22.7. The van der Waals surface area contributed by atoms with Crippen LogP contribution in [0.2, 0.25) is 0 Å². The lowest BCUT2D eigenvalue weighted by Gasteiger charge is -2.35. The van der Waals surface area contributed by atoms with Crippen molar-refractivity contribution in [1.82, 2.24) is 0 Å². The predicted octanol–water partition coefficient (Wildman–Crippen LogP) is 23.0. The molecule has 5 nitrogen and oxygen atoms in total. The summed E-state index contributed by atoms with van der Waals surface area (Å²) in [6, 6.07) is 117. The van der Waals surface area contributed by atoms with Gasteiger partial charge >= 0.3 is 0 Å². The van der Waals surface area contributed by atoms with E-state index in [9.17, 15) is 0 Å². The molecule has 1 aliphatic rings. The van der Waals surface area contributed by atoms with E-state index in [-0.39, 0.29) is 0 Å². The lowest BCUT2D eigenvalue weighted by molar-refractivity contribution is 0.587. The molecule has 0 saturated carbocycles. The van der Waals surface area contributed by atoms with Crippen LogP contribution in [0.4, 0.5) is 34.1 Å². The Bertz CT molecular complexity index is 5200. The summed E-state index contributed by atoms with van der Waals surface area (Å²) in [5.74, 6) is 1.60. The summed E-state index contributed by atoms with van der Waals surface area (Å²) >= 11 is 0. The molecule has 0 spiro atoms. The molecule has 0 N–H and O–H groups in total. The Morgan fingerprint density at radius 1 is 0.239 bits per heavy atom. The standard InChI is InChI=1S/C83H54N2O3/c1-6-21-55(22-7-1)57-37-41-63(42-38-57)84(67-45-48-71-69-33-16-18-35-75(69)86-77(71)53-67)65-32-20-27-60(51-65)82-80-79(81(88-82)59-25-10-3-11-26-59)73-50-47-66(52-74(73)83(80,61-28-12-4-13-29-61)62-30-14-5-15-31-62)85(64-43-39-58(40-44-64)56-23-8-2-9-24-56)68-46-49-72-70-34-17-19-36-76(70)87-78(72)54-68/h1-54H. The summed E-state index contributed by atoms with van der Waals surface area (Å²) in [4.78, 5) is 4.71. The number of anilines is 6. The molecule has 3 aromatic heterocycles. The molecule has 16 aromatic rings. The third-order valence-electron chi connectivity index (χ3n) is 17.7. The molecule has 0 saturated heterocycles. The maximum absolute atomic E-state index is 7.69. The zero-order valence-electron chi connectivity index (χ0n) is 47.8. The number of para-hydroxylation sites is 2. The van der Waals surface area contributed by atoms with Crippen LogP contribution in [0.5, 0.6) is 0 Å². The second-order valence-corrected chi connectivity index (χ2v) is 22.7. The van der Waals surface area contributed by atoms with Crippen molar-refractivity contribution in [1.29, 1.82) is 0 Å². The van der Waals surface area contributed by atoms with Gasteiger partial charge in [0.2, 0.25) is 0 Å². The number of hydrogen-bond acceptors (Lipinski definition) is 5. The minimum Gasteiger partial charge on any atom is -0.456 e.